The van der Waals surface area contributed by atoms with E-state index in [2.05, 4.69) is 5.32 Å². The Morgan fingerprint density at radius 1 is 1.12 bits per heavy atom. The van der Waals surface area contributed by atoms with E-state index >= 15 is 0 Å². The highest BCUT2D eigenvalue weighted by Crippen LogP contribution is 2.47. The number of ether oxygens (including phenoxy) is 1. The summed E-state index contributed by atoms with van der Waals surface area (Å²) in [5.74, 6) is 0.645. The molecule has 1 aliphatic heterocycles. The zero-order chi connectivity index (χ0) is 17.0. The Morgan fingerprint density at radius 2 is 1.79 bits per heavy atom. The average Bonchev–Trinajstić information content (AvgIpc) is 3.43. The third-order valence-corrected chi connectivity index (χ3v) is 5.12. The molecular weight excluding hydrogens is 304 g/mol. The Balaban J connectivity index is 1.62. The SMILES string of the molecule is COc1ccccc1CNC(=O)C1(C(=O)N2CCCCCC2)CC1. The Hall–Kier alpha value is -2.04. The number of benzene rings is 1. The van der Waals surface area contributed by atoms with E-state index in [1.54, 1.807) is 7.11 Å². The van der Waals surface area contributed by atoms with Gasteiger partial charge < -0.3 is 15.0 Å². The van der Waals surface area contributed by atoms with Gasteiger partial charge in [-0.15, -0.1) is 0 Å². The Morgan fingerprint density at radius 3 is 2.42 bits per heavy atom. The second-order valence-electron chi connectivity index (χ2n) is 6.78. The standard InChI is InChI=1S/C19H26N2O3/c1-24-16-9-5-4-8-15(16)14-20-17(22)19(10-11-19)18(23)21-12-6-2-3-7-13-21/h4-5,8-9H,2-3,6-7,10-14H2,1H3,(H,20,22). The van der Waals surface area contributed by atoms with E-state index < -0.39 is 5.41 Å². The van der Waals surface area contributed by atoms with Crippen LogP contribution in [0.4, 0.5) is 0 Å². The van der Waals surface area contributed by atoms with Crippen LogP contribution < -0.4 is 10.1 Å². The largest absolute Gasteiger partial charge is 0.496 e. The van der Waals surface area contributed by atoms with Crippen molar-refractivity contribution in [3.8, 4) is 5.75 Å². The summed E-state index contributed by atoms with van der Waals surface area (Å²) < 4.78 is 5.31. The van der Waals surface area contributed by atoms with Gasteiger partial charge in [-0.25, -0.2) is 0 Å². The molecule has 1 aliphatic carbocycles. The molecule has 1 N–H and O–H groups in total. The first-order chi connectivity index (χ1) is 11.7. The minimum absolute atomic E-state index is 0.0296. The maximum absolute atomic E-state index is 12.9. The molecule has 0 atom stereocenters. The number of hydrogen-bond donors (Lipinski definition) is 1. The van der Waals surface area contributed by atoms with Gasteiger partial charge in [0.1, 0.15) is 11.2 Å². The summed E-state index contributed by atoms with van der Waals surface area (Å²) in [5.41, 5.74) is 0.109. The topological polar surface area (TPSA) is 58.6 Å². The van der Waals surface area contributed by atoms with Crippen LogP contribution in [0.3, 0.4) is 0 Å². The van der Waals surface area contributed by atoms with Crippen molar-refractivity contribution in [2.45, 2.75) is 45.1 Å². The lowest BCUT2D eigenvalue weighted by atomic mass is 10.0. The molecule has 2 amide bonds. The van der Waals surface area contributed by atoms with Crippen molar-refractivity contribution in [1.82, 2.24) is 10.2 Å². The van der Waals surface area contributed by atoms with Crippen molar-refractivity contribution in [3.63, 3.8) is 0 Å². The predicted octanol–water partition coefficient (Wildman–Crippen LogP) is 2.49. The van der Waals surface area contributed by atoms with Crippen molar-refractivity contribution in [2.75, 3.05) is 20.2 Å². The van der Waals surface area contributed by atoms with E-state index in [0.29, 0.717) is 19.4 Å². The summed E-state index contributed by atoms with van der Waals surface area (Å²) in [4.78, 5) is 27.4. The van der Waals surface area contributed by atoms with Crippen LogP contribution in [0.1, 0.15) is 44.1 Å². The number of amides is 2. The van der Waals surface area contributed by atoms with Crippen molar-refractivity contribution < 1.29 is 14.3 Å². The first-order valence-corrected chi connectivity index (χ1v) is 8.87. The molecule has 5 nitrogen and oxygen atoms in total. The fourth-order valence-electron chi connectivity index (χ4n) is 3.43. The maximum atomic E-state index is 12.9. The first kappa shape index (κ1) is 16.8. The molecule has 0 spiro atoms. The van der Waals surface area contributed by atoms with Gasteiger partial charge >= 0.3 is 0 Å². The molecule has 0 bridgehead atoms. The lowest BCUT2D eigenvalue weighted by molar-refractivity contribution is -0.144. The van der Waals surface area contributed by atoms with Crippen LogP contribution in [-0.2, 0) is 16.1 Å². The van der Waals surface area contributed by atoms with Gasteiger partial charge in [0.15, 0.2) is 0 Å². The third kappa shape index (κ3) is 3.40. The van der Waals surface area contributed by atoms with Gasteiger partial charge in [-0.2, -0.15) is 0 Å². The van der Waals surface area contributed by atoms with E-state index in [4.69, 9.17) is 4.74 Å². The molecule has 130 valence electrons. The Labute approximate surface area is 143 Å². The average molecular weight is 330 g/mol. The van der Waals surface area contributed by atoms with E-state index in [9.17, 15) is 9.59 Å². The van der Waals surface area contributed by atoms with Gasteiger partial charge in [-0.3, -0.25) is 9.59 Å². The molecule has 0 unspecified atom stereocenters. The third-order valence-electron chi connectivity index (χ3n) is 5.12. The van der Waals surface area contributed by atoms with Crippen molar-refractivity contribution in [3.05, 3.63) is 29.8 Å². The number of carbonyl (C=O) groups excluding carboxylic acids is 2. The lowest BCUT2D eigenvalue weighted by Crippen LogP contribution is -2.45. The minimum Gasteiger partial charge on any atom is -0.496 e. The van der Waals surface area contributed by atoms with Crippen LogP contribution in [0.15, 0.2) is 24.3 Å². The highest BCUT2D eigenvalue weighted by atomic mass is 16.5. The number of methoxy groups -OCH3 is 1. The summed E-state index contributed by atoms with van der Waals surface area (Å²) in [7, 11) is 1.62. The second kappa shape index (κ2) is 7.24. The second-order valence-corrected chi connectivity index (χ2v) is 6.78. The number of nitrogens with zero attached hydrogens (tertiary/aromatic N) is 1. The number of likely N-dealkylation sites (tertiary alicyclic amines) is 1. The number of nitrogens with one attached hydrogen (secondary N) is 1. The maximum Gasteiger partial charge on any atom is 0.238 e. The summed E-state index contributed by atoms with van der Waals surface area (Å²) in [6.45, 7) is 1.97. The molecule has 1 saturated carbocycles. The molecular formula is C19H26N2O3. The molecule has 0 radical (unpaired) electrons. The molecule has 0 aromatic heterocycles. The van der Waals surface area contributed by atoms with Crippen LogP contribution in [0.25, 0.3) is 0 Å². The zero-order valence-electron chi connectivity index (χ0n) is 14.3. The Kier molecular flexibility index (Phi) is 5.07. The molecule has 3 rings (SSSR count). The van der Waals surface area contributed by atoms with E-state index in [-0.39, 0.29) is 11.8 Å². The molecule has 2 aliphatic rings. The van der Waals surface area contributed by atoms with Gasteiger partial charge in [0, 0.05) is 25.2 Å². The van der Waals surface area contributed by atoms with E-state index in [1.165, 1.54) is 12.8 Å². The predicted molar refractivity (Wildman–Crippen MR) is 91.6 cm³/mol. The zero-order valence-corrected chi connectivity index (χ0v) is 14.3. The van der Waals surface area contributed by atoms with E-state index in [1.807, 2.05) is 29.2 Å². The van der Waals surface area contributed by atoms with E-state index in [0.717, 1.165) is 37.2 Å². The number of para-hydroxylation sites is 1. The lowest BCUT2D eigenvalue weighted by Gasteiger charge is -2.25. The van der Waals surface area contributed by atoms with Gasteiger partial charge in [-0.05, 0) is 31.7 Å². The number of carbonyl (C=O) groups is 2. The molecule has 2 fully saturated rings. The monoisotopic (exact) mass is 330 g/mol. The summed E-state index contributed by atoms with van der Waals surface area (Å²) in [6, 6.07) is 7.61. The molecule has 5 heteroatoms. The highest BCUT2D eigenvalue weighted by molar-refractivity contribution is 6.07. The molecule has 1 aromatic carbocycles. The van der Waals surface area contributed by atoms with Gasteiger partial charge in [0.2, 0.25) is 11.8 Å². The van der Waals surface area contributed by atoms with Crippen LogP contribution in [0.2, 0.25) is 0 Å². The van der Waals surface area contributed by atoms with Crippen molar-refractivity contribution in [2.24, 2.45) is 5.41 Å². The number of rotatable bonds is 5. The quantitative estimate of drug-likeness (QED) is 0.844. The van der Waals surface area contributed by atoms with Crippen LogP contribution >= 0.6 is 0 Å². The molecule has 1 heterocycles. The van der Waals surface area contributed by atoms with Crippen molar-refractivity contribution in [1.29, 1.82) is 0 Å². The van der Waals surface area contributed by atoms with Crippen LogP contribution in [0.5, 0.6) is 5.75 Å². The Bertz CT molecular complexity index is 602. The molecule has 1 aromatic rings. The van der Waals surface area contributed by atoms with Gasteiger partial charge in [-0.1, -0.05) is 31.0 Å². The smallest absolute Gasteiger partial charge is 0.238 e. The van der Waals surface area contributed by atoms with Gasteiger partial charge in [0.05, 0.1) is 7.11 Å². The normalized spacial score (nSPS) is 19.3. The molecule has 24 heavy (non-hydrogen) atoms. The number of hydrogen-bond acceptors (Lipinski definition) is 3. The molecule has 1 saturated heterocycles. The van der Waals surface area contributed by atoms with Crippen molar-refractivity contribution >= 4 is 11.8 Å². The highest BCUT2D eigenvalue weighted by Gasteiger charge is 2.57. The fourth-order valence-corrected chi connectivity index (χ4v) is 3.43. The van der Waals surface area contributed by atoms with Gasteiger partial charge in [0.25, 0.3) is 0 Å². The summed E-state index contributed by atoms with van der Waals surface area (Å²) in [6.07, 6.45) is 5.78. The fraction of sp³-hybridized carbons (Fsp3) is 0.579. The first-order valence-electron chi connectivity index (χ1n) is 8.87. The summed E-state index contributed by atoms with van der Waals surface area (Å²) >= 11 is 0. The summed E-state index contributed by atoms with van der Waals surface area (Å²) in [5, 5.41) is 2.95. The van der Waals surface area contributed by atoms with Crippen LogP contribution in [0, 0.1) is 5.41 Å². The van der Waals surface area contributed by atoms with Crippen LogP contribution in [-0.4, -0.2) is 36.9 Å². The minimum atomic E-state index is -0.813.